The van der Waals surface area contributed by atoms with Gasteiger partial charge in [-0.15, -0.1) is 0 Å². The SMILES string of the molecule is COc1ccc2c(c1)C(=O)CC1(CCN(C(=O)n3nc(C)c4ccccc43)CC1)O2. The van der Waals surface area contributed by atoms with Gasteiger partial charge in [-0.2, -0.15) is 9.78 Å². The van der Waals surface area contributed by atoms with Crippen molar-refractivity contribution >= 4 is 22.7 Å². The van der Waals surface area contributed by atoms with E-state index in [0.717, 1.165) is 16.6 Å². The van der Waals surface area contributed by atoms with E-state index in [1.54, 1.807) is 30.2 Å². The van der Waals surface area contributed by atoms with Gasteiger partial charge in [0.2, 0.25) is 0 Å². The summed E-state index contributed by atoms with van der Waals surface area (Å²) < 4.78 is 13.0. The Balaban J connectivity index is 1.35. The molecule has 3 heterocycles. The van der Waals surface area contributed by atoms with Crippen LogP contribution in [0.1, 0.15) is 35.3 Å². The molecule has 3 aromatic rings. The third-order valence-corrected chi connectivity index (χ3v) is 6.19. The average Bonchev–Trinajstić information content (AvgIpc) is 3.10. The van der Waals surface area contributed by atoms with Crippen LogP contribution in [-0.2, 0) is 0 Å². The highest BCUT2D eigenvalue weighted by molar-refractivity contribution is 6.00. The number of aromatic nitrogens is 2. The molecule has 154 valence electrons. The van der Waals surface area contributed by atoms with Gasteiger partial charge in [-0.3, -0.25) is 4.79 Å². The summed E-state index contributed by atoms with van der Waals surface area (Å²) in [4.78, 5) is 27.7. The molecule has 30 heavy (non-hydrogen) atoms. The molecular weight excluding hydrogens is 382 g/mol. The lowest BCUT2D eigenvalue weighted by Gasteiger charge is -2.43. The number of hydrogen-bond acceptors (Lipinski definition) is 5. The van der Waals surface area contributed by atoms with Crippen LogP contribution in [-0.4, -0.2) is 52.3 Å². The molecule has 2 aliphatic heterocycles. The highest BCUT2D eigenvalue weighted by Gasteiger charge is 2.44. The van der Waals surface area contributed by atoms with Crippen LogP contribution in [0.4, 0.5) is 4.79 Å². The third kappa shape index (κ3) is 2.93. The maximum atomic E-state index is 13.1. The van der Waals surface area contributed by atoms with Gasteiger partial charge in [-0.05, 0) is 31.2 Å². The number of benzene rings is 2. The van der Waals surface area contributed by atoms with Crippen LogP contribution in [0.3, 0.4) is 0 Å². The predicted octanol–water partition coefficient (Wildman–Crippen LogP) is 3.82. The number of piperidine rings is 1. The van der Waals surface area contributed by atoms with Crippen molar-refractivity contribution in [1.29, 1.82) is 0 Å². The predicted molar refractivity (Wildman–Crippen MR) is 111 cm³/mol. The van der Waals surface area contributed by atoms with Crippen LogP contribution in [0, 0.1) is 6.92 Å². The average molecular weight is 405 g/mol. The Bertz CT molecular complexity index is 1160. The Morgan fingerprint density at radius 3 is 2.70 bits per heavy atom. The number of carbonyl (C=O) groups is 2. The number of carbonyl (C=O) groups excluding carboxylic acids is 2. The molecule has 0 N–H and O–H groups in total. The van der Waals surface area contributed by atoms with Gasteiger partial charge >= 0.3 is 6.03 Å². The van der Waals surface area contributed by atoms with Crippen LogP contribution in [0.5, 0.6) is 11.5 Å². The lowest BCUT2D eigenvalue weighted by atomic mass is 9.82. The number of likely N-dealkylation sites (tertiary alicyclic amines) is 1. The number of hydrogen-bond donors (Lipinski definition) is 0. The standard InChI is InChI=1S/C23H23N3O4/c1-15-17-5-3-4-6-19(17)26(24-15)22(28)25-11-9-23(10-12-25)14-20(27)18-13-16(29-2)7-8-21(18)30-23/h3-8,13H,9-12,14H2,1-2H3. The number of ketones is 1. The number of methoxy groups -OCH3 is 1. The maximum absolute atomic E-state index is 13.1. The summed E-state index contributed by atoms with van der Waals surface area (Å²) in [7, 11) is 1.58. The molecule has 1 spiro atoms. The summed E-state index contributed by atoms with van der Waals surface area (Å²) in [5.41, 5.74) is 1.65. The van der Waals surface area contributed by atoms with E-state index in [-0.39, 0.29) is 11.8 Å². The topological polar surface area (TPSA) is 73.7 Å². The molecule has 1 aromatic heterocycles. The van der Waals surface area contributed by atoms with E-state index in [2.05, 4.69) is 5.10 Å². The summed E-state index contributed by atoms with van der Waals surface area (Å²) in [6.07, 6.45) is 1.53. The molecule has 0 unspecified atom stereocenters. The van der Waals surface area contributed by atoms with Crippen LogP contribution in [0.15, 0.2) is 42.5 Å². The van der Waals surface area contributed by atoms with E-state index >= 15 is 0 Å². The molecule has 0 bridgehead atoms. The van der Waals surface area contributed by atoms with Gasteiger partial charge in [-0.1, -0.05) is 18.2 Å². The largest absolute Gasteiger partial charge is 0.497 e. The highest BCUT2D eigenvalue weighted by Crippen LogP contribution is 2.40. The molecule has 0 atom stereocenters. The van der Waals surface area contributed by atoms with Crippen molar-refractivity contribution in [3.63, 3.8) is 0 Å². The van der Waals surface area contributed by atoms with Crippen molar-refractivity contribution < 1.29 is 19.1 Å². The van der Waals surface area contributed by atoms with Crippen LogP contribution in [0.25, 0.3) is 10.9 Å². The molecule has 0 radical (unpaired) electrons. The minimum atomic E-state index is -0.558. The van der Waals surface area contributed by atoms with Gasteiger partial charge in [-0.25, -0.2) is 4.79 Å². The minimum absolute atomic E-state index is 0.0589. The molecule has 0 saturated carbocycles. The fourth-order valence-electron chi connectivity index (χ4n) is 4.49. The summed E-state index contributed by atoms with van der Waals surface area (Å²) in [5, 5.41) is 5.43. The highest BCUT2D eigenvalue weighted by atomic mass is 16.5. The number of rotatable bonds is 1. The first-order valence-corrected chi connectivity index (χ1v) is 10.1. The van der Waals surface area contributed by atoms with Crippen molar-refractivity contribution in [2.45, 2.75) is 31.8 Å². The first kappa shape index (κ1) is 18.7. The smallest absolute Gasteiger partial charge is 0.345 e. The van der Waals surface area contributed by atoms with Gasteiger partial charge in [0.05, 0.1) is 30.3 Å². The molecule has 2 aliphatic rings. The number of para-hydroxylation sites is 1. The van der Waals surface area contributed by atoms with E-state index in [1.165, 1.54) is 4.68 Å². The molecule has 1 saturated heterocycles. The Hall–Kier alpha value is -3.35. The molecule has 2 aromatic carbocycles. The van der Waals surface area contributed by atoms with E-state index in [0.29, 0.717) is 49.4 Å². The minimum Gasteiger partial charge on any atom is -0.497 e. The van der Waals surface area contributed by atoms with Gasteiger partial charge in [0, 0.05) is 31.3 Å². The zero-order valence-corrected chi connectivity index (χ0v) is 17.1. The van der Waals surface area contributed by atoms with Gasteiger partial charge in [0.15, 0.2) is 5.78 Å². The van der Waals surface area contributed by atoms with E-state index in [9.17, 15) is 9.59 Å². The molecule has 7 nitrogen and oxygen atoms in total. The number of fused-ring (bicyclic) bond motifs is 2. The Morgan fingerprint density at radius 2 is 1.93 bits per heavy atom. The zero-order chi connectivity index (χ0) is 20.9. The lowest BCUT2D eigenvalue weighted by molar-refractivity contribution is -0.000790. The van der Waals surface area contributed by atoms with Crippen molar-refractivity contribution in [2.75, 3.05) is 20.2 Å². The lowest BCUT2D eigenvalue weighted by Crippen LogP contribution is -2.53. The molecule has 7 heteroatoms. The Kier molecular flexibility index (Phi) is 4.27. The van der Waals surface area contributed by atoms with Crippen molar-refractivity contribution in [1.82, 2.24) is 14.7 Å². The summed E-state index contributed by atoms with van der Waals surface area (Å²) in [6, 6.07) is 12.9. The fraction of sp³-hybridized carbons (Fsp3) is 0.348. The molecule has 0 aliphatic carbocycles. The molecule has 1 fully saturated rings. The summed E-state index contributed by atoms with van der Waals surface area (Å²) in [6.45, 7) is 2.95. The van der Waals surface area contributed by atoms with Crippen molar-refractivity contribution in [3.8, 4) is 11.5 Å². The molecular formula is C23H23N3O4. The normalized spacial score (nSPS) is 17.7. The summed E-state index contributed by atoms with van der Waals surface area (Å²) >= 11 is 0. The quantitative estimate of drug-likeness (QED) is 0.615. The first-order valence-electron chi connectivity index (χ1n) is 10.1. The Labute approximate surface area is 174 Å². The van der Waals surface area contributed by atoms with Crippen molar-refractivity contribution in [2.24, 2.45) is 0 Å². The molecule has 1 amide bonds. The van der Waals surface area contributed by atoms with Crippen LogP contribution in [0.2, 0.25) is 0 Å². The number of ether oxygens (including phenoxy) is 2. The number of nitrogens with zero attached hydrogens (tertiary/aromatic N) is 3. The third-order valence-electron chi connectivity index (χ3n) is 6.19. The van der Waals surface area contributed by atoms with Gasteiger partial charge < -0.3 is 14.4 Å². The van der Waals surface area contributed by atoms with Gasteiger partial charge in [0.25, 0.3) is 0 Å². The zero-order valence-electron chi connectivity index (χ0n) is 17.1. The molecule has 5 rings (SSSR count). The second-order valence-electron chi connectivity index (χ2n) is 8.03. The second kappa shape index (κ2) is 6.86. The second-order valence-corrected chi connectivity index (χ2v) is 8.03. The number of Topliss-reactive ketones (excluding diaryl/α,β-unsaturated/α-hetero) is 1. The van der Waals surface area contributed by atoms with Crippen LogP contribution < -0.4 is 9.47 Å². The van der Waals surface area contributed by atoms with Crippen molar-refractivity contribution in [3.05, 3.63) is 53.7 Å². The van der Waals surface area contributed by atoms with E-state index in [1.807, 2.05) is 31.2 Å². The maximum Gasteiger partial charge on any atom is 0.345 e. The Morgan fingerprint density at radius 1 is 1.17 bits per heavy atom. The van der Waals surface area contributed by atoms with Gasteiger partial charge in [0.1, 0.15) is 17.1 Å². The monoisotopic (exact) mass is 405 g/mol. The van der Waals surface area contributed by atoms with Crippen LogP contribution >= 0.6 is 0 Å². The van der Waals surface area contributed by atoms with E-state index in [4.69, 9.17) is 9.47 Å². The summed E-state index contributed by atoms with van der Waals surface area (Å²) in [5.74, 6) is 1.30. The number of aryl methyl sites for hydroxylation is 1. The number of amides is 1. The fourth-order valence-corrected chi connectivity index (χ4v) is 4.49. The first-order chi connectivity index (χ1) is 14.5. The van der Waals surface area contributed by atoms with E-state index < -0.39 is 5.60 Å².